The molecule has 1 amide bonds. The number of aromatic nitrogens is 2. The van der Waals surface area contributed by atoms with Gasteiger partial charge >= 0.3 is 0 Å². The number of ether oxygens (including phenoxy) is 1. The minimum absolute atomic E-state index is 0.00751. The molecule has 0 spiro atoms. The van der Waals surface area contributed by atoms with Crippen LogP contribution in [-0.4, -0.2) is 48.3 Å². The Kier molecular flexibility index (Phi) is 6.56. The Hall–Kier alpha value is -2.83. The molecule has 2 aromatic carbocycles. The lowest BCUT2D eigenvalue weighted by molar-refractivity contribution is 0.0941. The van der Waals surface area contributed by atoms with Crippen LogP contribution in [0.25, 0.3) is 5.69 Å². The van der Waals surface area contributed by atoms with Crippen LogP contribution in [0.15, 0.2) is 54.6 Å². The van der Waals surface area contributed by atoms with E-state index in [1.54, 1.807) is 18.7 Å². The molecule has 3 rings (SSSR count). The summed E-state index contributed by atoms with van der Waals surface area (Å²) in [6.07, 6.45) is 0. The fourth-order valence-electron chi connectivity index (χ4n) is 3.20. The van der Waals surface area contributed by atoms with E-state index >= 15 is 0 Å². The van der Waals surface area contributed by atoms with E-state index in [0.717, 1.165) is 17.0 Å². The standard InChI is InChI=1S/C22H25ClN4O2/c1-15-20(21(23)27(25-15)17-8-6-5-7-9-17)22(28)24-14-19(26(2)3)16-10-12-18(29-4)13-11-16/h5-13,19H,14H2,1-4H3,(H,24,28). The number of carbonyl (C=O) groups excluding carboxylic acids is 1. The summed E-state index contributed by atoms with van der Waals surface area (Å²) >= 11 is 6.50. The molecule has 0 fully saturated rings. The Morgan fingerprint density at radius 1 is 1.17 bits per heavy atom. The number of rotatable bonds is 7. The van der Waals surface area contributed by atoms with Gasteiger partial charge < -0.3 is 15.0 Å². The fraction of sp³-hybridized carbons (Fsp3) is 0.273. The first-order chi connectivity index (χ1) is 13.9. The summed E-state index contributed by atoms with van der Waals surface area (Å²) in [5.74, 6) is 0.557. The van der Waals surface area contributed by atoms with Gasteiger partial charge in [-0.1, -0.05) is 41.9 Å². The Labute approximate surface area is 176 Å². The smallest absolute Gasteiger partial charge is 0.256 e. The third-order valence-corrected chi connectivity index (χ3v) is 5.16. The molecule has 0 aliphatic heterocycles. The second kappa shape index (κ2) is 9.11. The molecule has 0 bridgehead atoms. The van der Waals surface area contributed by atoms with Crippen molar-refractivity contribution >= 4 is 17.5 Å². The van der Waals surface area contributed by atoms with Crippen LogP contribution < -0.4 is 10.1 Å². The van der Waals surface area contributed by atoms with Crippen molar-refractivity contribution in [3.05, 3.63) is 76.6 Å². The summed E-state index contributed by atoms with van der Waals surface area (Å²) in [5.41, 5.74) is 2.87. The molecular weight excluding hydrogens is 388 g/mol. The van der Waals surface area contributed by atoms with Gasteiger partial charge in [0.25, 0.3) is 5.91 Å². The van der Waals surface area contributed by atoms with Crippen molar-refractivity contribution in [2.45, 2.75) is 13.0 Å². The van der Waals surface area contributed by atoms with E-state index in [0.29, 0.717) is 23.0 Å². The molecule has 1 atom stereocenters. The first kappa shape index (κ1) is 20.9. The molecule has 1 N–H and O–H groups in total. The van der Waals surface area contributed by atoms with Gasteiger partial charge in [0.1, 0.15) is 10.9 Å². The van der Waals surface area contributed by atoms with E-state index in [1.165, 1.54) is 0 Å². The molecule has 1 heterocycles. The van der Waals surface area contributed by atoms with Crippen molar-refractivity contribution < 1.29 is 9.53 Å². The van der Waals surface area contributed by atoms with Crippen molar-refractivity contribution in [1.29, 1.82) is 0 Å². The van der Waals surface area contributed by atoms with Crippen molar-refractivity contribution in [2.24, 2.45) is 0 Å². The summed E-state index contributed by atoms with van der Waals surface area (Å²) in [7, 11) is 5.60. The van der Waals surface area contributed by atoms with Crippen LogP contribution in [0.2, 0.25) is 5.15 Å². The summed E-state index contributed by atoms with van der Waals surface area (Å²) < 4.78 is 6.81. The van der Waals surface area contributed by atoms with E-state index in [4.69, 9.17) is 16.3 Å². The van der Waals surface area contributed by atoms with Gasteiger partial charge in [-0.15, -0.1) is 0 Å². The van der Waals surface area contributed by atoms with Crippen molar-refractivity contribution in [1.82, 2.24) is 20.0 Å². The number of nitrogens with zero attached hydrogens (tertiary/aromatic N) is 3. The number of hydrogen-bond donors (Lipinski definition) is 1. The topological polar surface area (TPSA) is 59.4 Å². The number of likely N-dealkylation sites (N-methyl/N-ethyl adjacent to an activating group) is 1. The van der Waals surface area contributed by atoms with Crippen molar-refractivity contribution in [3.63, 3.8) is 0 Å². The molecule has 7 heteroatoms. The van der Waals surface area contributed by atoms with E-state index in [1.807, 2.05) is 68.7 Å². The number of aryl methyl sites for hydroxylation is 1. The summed E-state index contributed by atoms with van der Waals surface area (Å²) in [5, 5.41) is 7.75. The van der Waals surface area contributed by atoms with E-state index in [9.17, 15) is 4.79 Å². The van der Waals surface area contributed by atoms with E-state index < -0.39 is 0 Å². The molecule has 0 radical (unpaired) electrons. The van der Waals surface area contributed by atoms with Gasteiger partial charge in [0.15, 0.2) is 0 Å². The number of benzene rings is 2. The second-order valence-corrected chi connectivity index (χ2v) is 7.32. The van der Waals surface area contributed by atoms with E-state index in [-0.39, 0.29) is 11.9 Å². The quantitative estimate of drug-likeness (QED) is 0.639. The number of carbonyl (C=O) groups is 1. The Bertz CT molecular complexity index is 968. The average Bonchev–Trinajstić information content (AvgIpc) is 3.03. The molecule has 0 aliphatic carbocycles. The molecule has 3 aromatic rings. The molecular formula is C22H25ClN4O2. The SMILES string of the molecule is COc1ccc(C(CNC(=O)c2c(C)nn(-c3ccccc3)c2Cl)N(C)C)cc1. The normalized spacial score (nSPS) is 12.1. The van der Waals surface area contributed by atoms with E-state index in [2.05, 4.69) is 15.3 Å². The van der Waals surface area contributed by atoms with Crippen LogP contribution >= 0.6 is 11.6 Å². The molecule has 0 aliphatic rings. The van der Waals surface area contributed by atoms with Crippen LogP contribution in [-0.2, 0) is 0 Å². The highest BCUT2D eigenvalue weighted by molar-refractivity contribution is 6.33. The predicted octanol–water partition coefficient (Wildman–Crippen LogP) is 3.88. The molecule has 0 saturated heterocycles. The Balaban J connectivity index is 1.78. The fourth-order valence-corrected chi connectivity index (χ4v) is 3.56. The Morgan fingerprint density at radius 3 is 2.41 bits per heavy atom. The lowest BCUT2D eigenvalue weighted by atomic mass is 10.1. The predicted molar refractivity (Wildman–Crippen MR) is 115 cm³/mol. The zero-order valence-corrected chi connectivity index (χ0v) is 17.8. The van der Waals surface area contributed by atoms with Crippen molar-refractivity contribution in [2.75, 3.05) is 27.7 Å². The maximum atomic E-state index is 12.9. The van der Waals surface area contributed by atoms with Crippen LogP contribution in [0.5, 0.6) is 5.75 Å². The number of hydrogen-bond acceptors (Lipinski definition) is 4. The molecule has 1 unspecified atom stereocenters. The highest BCUT2D eigenvalue weighted by Crippen LogP contribution is 2.24. The minimum atomic E-state index is -0.241. The lowest BCUT2D eigenvalue weighted by Crippen LogP contribution is -2.34. The van der Waals surface area contributed by atoms with Gasteiger partial charge in [0, 0.05) is 6.54 Å². The molecule has 152 valence electrons. The van der Waals surface area contributed by atoms with Gasteiger partial charge in [0.05, 0.1) is 30.1 Å². The van der Waals surface area contributed by atoms with Crippen molar-refractivity contribution in [3.8, 4) is 11.4 Å². The Morgan fingerprint density at radius 2 is 1.83 bits per heavy atom. The molecule has 0 saturated carbocycles. The first-order valence-corrected chi connectivity index (χ1v) is 9.69. The van der Waals surface area contributed by atoms with Gasteiger partial charge in [-0.05, 0) is 50.8 Å². The van der Waals surface area contributed by atoms with Crippen LogP contribution in [0.3, 0.4) is 0 Å². The maximum Gasteiger partial charge on any atom is 0.256 e. The second-order valence-electron chi connectivity index (χ2n) is 6.96. The van der Waals surface area contributed by atoms with Crippen LogP contribution in [0.1, 0.15) is 27.7 Å². The highest BCUT2D eigenvalue weighted by atomic mass is 35.5. The largest absolute Gasteiger partial charge is 0.497 e. The number of halogens is 1. The monoisotopic (exact) mass is 412 g/mol. The lowest BCUT2D eigenvalue weighted by Gasteiger charge is -2.25. The third kappa shape index (κ3) is 4.60. The van der Waals surface area contributed by atoms with Gasteiger partial charge in [-0.3, -0.25) is 4.79 Å². The van der Waals surface area contributed by atoms with Crippen LogP contribution in [0, 0.1) is 6.92 Å². The molecule has 1 aromatic heterocycles. The number of methoxy groups -OCH3 is 1. The van der Waals surface area contributed by atoms with Crippen LogP contribution in [0.4, 0.5) is 0 Å². The summed E-state index contributed by atoms with van der Waals surface area (Å²) in [6.45, 7) is 2.22. The number of amides is 1. The zero-order valence-electron chi connectivity index (χ0n) is 17.0. The number of para-hydroxylation sites is 1. The van der Waals surface area contributed by atoms with Gasteiger partial charge in [0.2, 0.25) is 0 Å². The summed E-state index contributed by atoms with van der Waals surface area (Å²) in [4.78, 5) is 15.0. The first-order valence-electron chi connectivity index (χ1n) is 9.31. The maximum absolute atomic E-state index is 12.9. The molecule has 6 nitrogen and oxygen atoms in total. The highest BCUT2D eigenvalue weighted by Gasteiger charge is 2.23. The number of nitrogens with one attached hydrogen (secondary N) is 1. The summed E-state index contributed by atoms with van der Waals surface area (Å²) in [6, 6.07) is 17.4. The zero-order chi connectivity index (χ0) is 21.0. The van der Waals surface area contributed by atoms with Gasteiger partial charge in [-0.25, -0.2) is 4.68 Å². The molecule has 29 heavy (non-hydrogen) atoms. The van der Waals surface area contributed by atoms with Gasteiger partial charge in [-0.2, -0.15) is 5.10 Å². The minimum Gasteiger partial charge on any atom is -0.497 e. The third-order valence-electron chi connectivity index (χ3n) is 4.81. The average molecular weight is 413 g/mol.